The summed E-state index contributed by atoms with van der Waals surface area (Å²) in [5.74, 6) is 2.39. The van der Waals surface area contributed by atoms with E-state index in [9.17, 15) is 4.79 Å². The van der Waals surface area contributed by atoms with E-state index in [1.54, 1.807) is 6.07 Å². The Bertz CT molecular complexity index is 876. The highest BCUT2D eigenvalue weighted by molar-refractivity contribution is 6.07. The molecule has 0 saturated carbocycles. The summed E-state index contributed by atoms with van der Waals surface area (Å²) in [5.41, 5.74) is 2.82. The lowest BCUT2D eigenvalue weighted by atomic mass is 10.1. The SMILES string of the molecule is Cc1ccccc1N(CC(=O)c1ccc2c(c1)OCCO2)C1=NCCCC1. The van der Waals surface area contributed by atoms with E-state index in [1.807, 2.05) is 24.3 Å². The monoisotopic (exact) mass is 364 g/mol. The van der Waals surface area contributed by atoms with Crippen LogP contribution in [0.4, 0.5) is 5.69 Å². The number of rotatable bonds is 4. The predicted octanol–water partition coefficient (Wildman–Crippen LogP) is 4.04. The van der Waals surface area contributed by atoms with Crippen LogP contribution in [-0.2, 0) is 0 Å². The first-order valence-corrected chi connectivity index (χ1v) is 9.52. The van der Waals surface area contributed by atoms with E-state index < -0.39 is 0 Å². The zero-order valence-electron chi connectivity index (χ0n) is 15.6. The molecular weight excluding hydrogens is 340 g/mol. The molecule has 0 unspecified atom stereocenters. The largest absolute Gasteiger partial charge is 0.486 e. The van der Waals surface area contributed by atoms with E-state index in [0.29, 0.717) is 30.3 Å². The van der Waals surface area contributed by atoms with Crippen molar-refractivity contribution in [1.82, 2.24) is 0 Å². The maximum Gasteiger partial charge on any atom is 0.182 e. The third kappa shape index (κ3) is 3.82. The summed E-state index contributed by atoms with van der Waals surface area (Å²) in [6, 6.07) is 13.6. The molecule has 0 amide bonds. The summed E-state index contributed by atoms with van der Waals surface area (Å²) in [4.78, 5) is 19.9. The minimum atomic E-state index is 0.0449. The number of anilines is 1. The first-order valence-electron chi connectivity index (χ1n) is 9.52. The molecule has 5 nitrogen and oxygen atoms in total. The van der Waals surface area contributed by atoms with Crippen LogP contribution < -0.4 is 14.4 Å². The lowest BCUT2D eigenvalue weighted by Crippen LogP contribution is -2.37. The molecule has 2 aromatic carbocycles. The van der Waals surface area contributed by atoms with Gasteiger partial charge in [-0.25, -0.2) is 0 Å². The van der Waals surface area contributed by atoms with Crippen molar-refractivity contribution in [3.63, 3.8) is 0 Å². The van der Waals surface area contributed by atoms with Crippen molar-refractivity contribution < 1.29 is 14.3 Å². The molecule has 5 heteroatoms. The van der Waals surface area contributed by atoms with Crippen LogP contribution in [0.3, 0.4) is 0 Å². The van der Waals surface area contributed by atoms with Crippen LogP contribution in [0.15, 0.2) is 47.5 Å². The Labute approximate surface area is 159 Å². The number of carbonyl (C=O) groups excluding carboxylic acids is 1. The Morgan fingerprint density at radius 3 is 2.67 bits per heavy atom. The van der Waals surface area contributed by atoms with E-state index in [-0.39, 0.29) is 12.3 Å². The van der Waals surface area contributed by atoms with Crippen LogP contribution in [0.25, 0.3) is 0 Å². The fourth-order valence-corrected chi connectivity index (χ4v) is 3.54. The molecule has 0 aliphatic carbocycles. The second-order valence-corrected chi connectivity index (χ2v) is 6.91. The van der Waals surface area contributed by atoms with Gasteiger partial charge in [0.2, 0.25) is 0 Å². The number of fused-ring (bicyclic) bond motifs is 1. The number of para-hydroxylation sites is 1. The lowest BCUT2D eigenvalue weighted by Gasteiger charge is -2.29. The Balaban J connectivity index is 1.62. The summed E-state index contributed by atoms with van der Waals surface area (Å²) >= 11 is 0. The summed E-state index contributed by atoms with van der Waals surface area (Å²) in [7, 11) is 0. The fourth-order valence-electron chi connectivity index (χ4n) is 3.54. The van der Waals surface area contributed by atoms with Gasteiger partial charge in [0.05, 0.1) is 6.54 Å². The molecule has 2 aliphatic rings. The summed E-state index contributed by atoms with van der Waals surface area (Å²) in [6.45, 7) is 4.22. The van der Waals surface area contributed by atoms with Crippen LogP contribution in [0.2, 0.25) is 0 Å². The van der Waals surface area contributed by atoms with Crippen molar-refractivity contribution in [2.24, 2.45) is 4.99 Å². The van der Waals surface area contributed by atoms with E-state index in [4.69, 9.17) is 14.5 Å². The van der Waals surface area contributed by atoms with Gasteiger partial charge in [-0.05, 0) is 49.6 Å². The molecule has 27 heavy (non-hydrogen) atoms. The molecule has 0 fully saturated rings. The number of benzene rings is 2. The zero-order valence-corrected chi connectivity index (χ0v) is 15.6. The second kappa shape index (κ2) is 7.82. The van der Waals surface area contributed by atoms with E-state index in [1.165, 1.54) is 0 Å². The van der Waals surface area contributed by atoms with E-state index >= 15 is 0 Å². The van der Waals surface area contributed by atoms with Crippen LogP contribution in [-0.4, -0.2) is 37.9 Å². The maximum absolute atomic E-state index is 13.1. The van der Waals surface area contributed by atoms with Crippen molar-refractivity contribution in [1.29, 1.82) is 0 Å². The van der Waals surface area contributed by atoms with Gasteiger partial charge in [0.15, 0.2) is 17.3 Å². The van der Waals surface area contributed by atoms with Crippen LogP contribution in [0.5, 0.6) is 11.5 Å². The number of aliphatic imine (C=N–C) groups is 1. The van der Waals surface area contributed by atoms with Crippen molar-refractivity contribution in [2.45, 2.75) is 26.2 Å². The highest BCUT2D eigenvalue weighted by Crippen LogP contribution is 2.31. The molecule has 0 radical (unpaired) electrons. The topological polar surface area (TPSA) is 51.1 Å². The van der Waals surface area contributed by atoms with Crippen LogP contribution in [0.1, 0.15) is 35.2 Å². The molecule has 2 heterocycles. The van der Waals surface area contributed by atoms with E-state index in [0.717, 1.165) is 42.9 Å². The maximum atomic E-state index is 13.1. The smallest absolute Gasteiger partial charge is 0.182 e. The predicted molar refractivity (Wildman–Crippen MR) is 106 cm³/mol. The highest BCUT2D eigenvalue weighted by atomic mass is 16.6. The lowest BCUT2D eigenvalue weighted by molar-refractivity contribution is 0.100. The molecule has 0 aromatic heterocycles. The molecule has 2 aromatic rings. The number of Topliss-reactive ketones (excluding diaryl/α,β-unsaturated/α-hetero) is 1. The Morgan fingerprint density at radius 1 is 1.07 bits per heavy atom. The van der Waals surface area contributed by atoms with Crippen LogP contribution in [0, 0.1) is 6.92 Å². The normalized spacial score (nSPS) is 15.8. The number of amidine groups is 1. The summed E-state index contributed by atoms with van der Waals surface area (Å²) in [6.07, 6.45) is 3.13. The van der Waals surface area contributed by atoms with E-state index in [2.05, 4.69) is 24.0 Å². The van der Waals surface area contributed by atoms with Gasteiger partial charge in [-0.15, -0.1) is 0 Å². The van der Waals surface area contributed by atoms with Crippen molar-refractivity contribution in [3.05, 3.63) is 53.6 Å². The average Bonchev–Trinajstić information content (AvgIpc) is 2.73. The highest BCUT2D eigenvalue weighted by Gasteiger charge is 2.22. The van der Waals surface area contributed by atoms with Gasteiger partial charge >= 0.3 is 0 Å². The van der Waals surface area contributed by atoms with Gasteiger partial charge in [0.1, 0.15) is 19.0 Å². The third-order valence-electron chi connectivity index (χ3n) is 4.99. The third-order valence-corrected chi connectivity index (χ3v) is 4.99. The molecule has 0 bridgehead atoms. The van der Waals surface area contributed by atoms with Crippen LogP contribution >= 0.6 is 0 Å². The fraction of sp³-hybridized carbons (Fsp3) is 0.364. The standard InChI is InChI=1S/C22H24N2O3/c1-16-6-2-3-7-18(16)24(22-8-4-5-11-23-22)15-19(25)17-9-10-20-21(14-17)27-13-12-26-20/h2-3,6-7,9-10,14H,4-5,8,11-13,15H2,1H3. The molecule has 140 valence electrons. The summed E-state index contributed by atoms with van der Waals surface area (Å²) < 4.78 is 11.2. The van der Waals surface area contributed by atoms with Gasteiger partial charge in [-0.3, -0.25) is 9.79 Å². The molecule has 0 atom stereocenters. The molecular formula is C22H24N2O3. The number of aryl methyl sites for hydroxylation is 1. The Morgan fingerprint density at radius 2 is 1.89 bits per heavy atom. The zero-order chi connectivity index (χ0) is 18.6. The van der Waals surface area contributed by atoms with Gasteiger partial charge in [0.25, 0.3) is 0 Å². The number of ether oxygens (including phenoxy) is 2. The van der Waals surface area contributed by atoms with Gasteiger partial charge in [0, 0.05) is 24.2 Å². The Kier molecular flexibility index (Phi) is 5.10. The number of hydrogen-bond donors (Lipinski definition) is 0. The summed E-state index contributed by atoms with van der Waals surface area (Å²) in [5, 5.41) is 0. The second-order valence-electron chi connectivity index (χ2n) is 6.91. The van der Waals surface area contributed by atoms with Crippen molar-refractivity contribution in [3.8, 4) is 11.5 Å². The molecule has 2 aliphatic heterocycles. The van der Waals surface area contributed by atoms with Crippen molar-refractivity contribution >= 4 is 17.3 Å². The number of hydrogen-bond acceptors (Lipinski definition) is 5. The first kappa shape index (κ1) is 17.6. The van der Waals surface area contributed by atoms with Gasteiger partial charge < -0.3 is 14.4 Å². The Hall–Kier alpha value is -2.82. The molecule has 4 rings (SSSR count). The minimum Gasteiger partial charge on any atom is -0.486 e. The quantitative estimate of drug-likeness (QED) is 0.769. The van der Waals surface area contributed by atoms with Crippen molar-refractivity contribution in [2.75, 3.05) is 31.2 Å². The number of nitrogens with zero attached hydrogens (tertiary/aromatic N) is 2. The molecule has 0 saturated heterocycles. The number of ketones is 1. The minimum absolute atomic E-state index is 0.0449. The average molecular weight is 364 g/mol. The van der Waals surface area contributed by atoms with Gasteiger partial charge in [-0.1, -0.05) is 18.2 Å². The molecule has 0 N–H and O–H groups in total. The molecule has 0 spiro atoms. The van der Waals surface area contributed by atoms with Gasteiger partial charge in [-0.2, -0.15) is 0 Å². The first-order chi connectivity index (χ1) is 13.2. The number of carbonyl (C=O) groups is 1.